The van der Waals surface area contributed by atoms with Crippen molar-refractivity contribution in [3.05, 3.63) is 64.8 Å². The number of anilines is 1. The van der Waals surface area contributed by atoms with E-state index in [4.69, 9.17) is 11.6 Å². The van der Waals surface area contributed by atoms with Gasteiger partial charge in [0.1, 0.15) is 6.17 Å². The van der Waals surface area contributed by atoms with Gasteiger partial charge in [-0.1, -0.05) is 29.8 Å². The summed E-state index contributed by atoms with van der Waals surface area (Å²) in [6.45, 7) is 0. The molecule has 4 nitrogen and oxygen atoms in total. The normalized spacial score (nSPS) is 24.9. The number of benzene rings is 2. The number of nitrogens with one attached hydrogen (secondary N) is 1. The number of fused-ring (bicyclic) bond motifs is 4. The highest BCUT2D eigenvalue weighted by Gasteiger charge is 2.60. The fraction of sp³-hybridized carbons (Fsp3) is 0.250. The molecular formula is C20H18ClN3O. The first-order valence-electron chi connectivity index (χ1n) is 8.39. The molecule has 0 aliphatic carbocycles. The van der Waals surface area contributed by atoms with E-state index in [1.165, 1.54) is 5.56 Å². The number of H-pyrrole nitrogens is 1. The smallest absolute Gasteiger partial charge is 0.225 e. The van der Waals surface area contributed by atoms with Gasteiger partial charge in [-0.05, 0) is 35.4 Å². The van der Waals surface area contributed by atoms with Crippen molar-refractivity contribution in [2.45, 2.75) is 18.0 Å². The topological polar surface area (TPSA) is 39.3 Å². The molecule has 3 heterocycles. The summed E-state index contributed by atoms with van der Waals surface area (Å²) in [6, 6.07) is 14.3. The minimum absolute atomic E-state index is 0.0485. The number of para-hydroxylation sites is 1. The summed E-state index contributed by atoms with van der Waals surface area (Å²) < 4.78 is 0. The Morgan fingerprint density at radius 2 is 1.92 bits per heavy atom. The Balaban J connectivity index is 1.88. The van der Waals surface area contributed by atoms with E-state index < -0.39 is 5.41 Å². The Kier molecular flexibility index (Phi) is 2.85. The minimum Gasteiger partial charge on any atom is -0.361 e. The van der Waals surface area contributed by atoms with Crippen LogP contribution in [-0.4, -0.2) is 36.1 Å². The number of likely N-dealkylation sites (tertiary alicyclic amines) is 1. The monoisotopic (exact) mass is 351 g/mol. The van der Waals surface area contributed by atoms with Gasteiger partial charge >= 0.3 is 0 Å². The molecule has 3 aromatic rings. The maximum absolute atomic E-state index is 12.7. The van der Waals surface area contributed by atoms with Gasteiger partial charge in [0.2, 0.25) is 5.91 Å². The maximum atomic E-state index is 12.7. The van der Waals surface area contributed by atoms with Crippen LogP contribution in [0.1, 0.15) is 17.5 Å². The second kappa shape index (κ2) is 4.79. The lowest BCUT2D eigenvalue weighted by Gasteiger charge is -2.34. The molecule has 1 fully saturated rings. The van der Waals surface area contributed by atoms with Gasteiger partial charge in [-0.3, -0.25) is 4.79 Å². The van der Waals surface area contributed by atoms with Gasteiger partial charge < -0.3 is 14.8 Å². The van der Waals surface area contributed by atoms with Crippen LogP contribution < -0.4 is 4.90 Å². The molecule has 5 rings (SSSR count). The first-order chi connectivity index (χ1) is 12.0. The summed E-state index contributed by atoms with van der Waals surface area (Å²) in [4.78, 5) is 20.2. The SMILES string of the molecule is CN1C(=O)C[C@@]2(c3c[nH]c4ccccc34)c3cc(Cl)ccc3N(C)[C@@H]12. The fourth-order valence-electron chi connectivity index (χ4n) is 4.87. The lowest BCUT2D eigenvalue weighted by atomic mass is 9.73. The molecule has 2 aromatic carbocycles. The average molecular weight is 352 g/mol. The van der Waals surface area contributed by atoms with E-state index in [-0.39, 0.29) is 12.1 Å². The Bertz CT molecular complexity index is 1030. The highest BCUT2D eigenvalue weighted by atomic mass is 35.5. The predicted octanol–water partition coefficient (Wildman–Crippen LogP) is 3.75. The van der Waals surface area contributed by atoms with Crippen LogP contribution in [0.3, 0.4) is 0 Å². The molecule has 1 amide bonds. The summed E-state index contributed by atoms with van der Waals surface area (Å²) >= 11 is 6.35. The van der Waals surface area contributed by atoms with Crippen molar-refractivity contribution in [1.29, 1.82) is 0 Å². The van der Waals surface area contributed by atoms with Crippen molar-refractivity contribution in [1.82, 2.24) is 9.88 Å². The summed E-state index contributed by atoms with van der Waals surface area (Å²) in [5, 5.41) is 1.87. The van der Waals surface area contributed by atoms with Gasteiger partial charge in [0.25, 0.3) is 0 Å². The highest BCUT2D eigenvalue weighted by molar-refractivity contribution is 6.30. The quantitative estimate of drug-likeness (QED) is 0.725. The van der Waals surface area contributed by atoms with E-state index in [2.05, 4.69) is 41.3 Å². The zero-order valence-corrected chi connectivity index (χ0v) is 14.8. The minimum atomic E-state index is -0.416. The molecule has 1 saturated heterocycles. The van der Waals surface area contributed by atoms with E-state index in [9.17, 15) is 4.79 Å². The Hall–Kier alpha value is -2.46. The molecule has 0 radical (unpaired) electrons. The van der Waals surface area contributed by atoms with Crippen LogP contribution in [-0.2, 0) is 10.2 Å². The van der Waals surface area contributed by atoms with Gasteiger partial charge in [-0.2, -0.15) is 0 Å². The zero-order valence-electron chi connectivity index (χ0n) is 14.1. The summed E-state index contributed by atoms with van der Waals surface area (Å²) in [5.74, 6) is 0.160. The van der Waals surface area contributed by atoms with Crippen LogP contribution in [0.4, 0.5) is 5.69 Å². The number of carbonyl (C=O) groups is 1. The van der Waals surface area contributed by atoms with Crippen LogP contribution >= 0.6 is 11.6 Å². The zero-order chi connectivity index (χ0) is 17.3. The number of nitrogens with zero attached hydrogens (tertiary/aromatic N) is 2. The number of aromatic nitrogens is 1. The lowest BCUT2D eigenvalue weighted by molar-refractivity contribution is -0.127. The largest absolute Gasteiger partial charge is 0.361 e. The van der Waals surface area contributed by atoms with Gasteiger partial charge in [-0.15, -0.1) is 0 Å². The number of carbonyl (C=O) groups excluding carboxylic acids is 1. The fourth-order valence-corrected chi connectivity index (χ4v) is 5.04. The average Bonchev–Trinajstić information content (AvgIpc) is 3.21. The van der Waals surface area contributed by atoms with Crippen molar-refractivity contribution >= 4 is 34.1 Å². The molecule has 126 valence electrons. The molecule has 25 heavy (non-hydrogen) atoms. The third-order valence-corrected chi connectivity index (χ3v) is 6.12. The first kappa shape index (κ1) is 14.8. The van der Waals surface area contributed by atoms with Crippen molar-refractivity contribution in [2.24, 2.45) is 0 Å². The number of rotatable bonds is 1. The molecule has 5 heteroatoms. The molecule has 1 aromatic heterocycles. The van der Waals surface area contributed by atoms with Crippen LogP contribution in [0.25, 0.3) is 10.9 Å². The molecule has 0 saturated carbocycles. The first-order valence-corrected chi connectivity index (χ1v) is 8.77. The van der Waals surface area contributed by atoms with E-state index in [1.54, 1.807) is 0 Å². The molecule has 0 spiro atoms. The molecule has 2 aliphatic rings. The Morgan fingerprint density at radius 1 is 1.12 bits per heavy atom. The second-order valence-corrected chi connectivity index (χ2v) is 7.48. The van der Waals surface area contributed by atoms with Crippen LogP contribution in [0, 0.1) is 0 Å². The standard InChI is InChI=1S/C20H18ClN3O/c1-23-17-8-7-12(21)9-14(17)20(10-18(25)24(2)19(20)23)15-11-22-16-6-4-3-5-13(15)16/h3-9,11,19,22H,10H2,1-2H3/t19-,20-/m0/s1. The van der Waals surface area contributed by atoms with Gasteiger partial charge in [0.15, 0.2) is 0 Å². The second-order valence-electron chi connectivity index (χ2n) is 7.05. The predicted molar refractivity (Wildman–Crippen MR) is 100 cm³/mol. The molecule has 2 aliphatic heterocycles. The van der Waals surface area contributed by atoms with E-state index in [1.807, 2.05) is 36.2 Å². The number of likely N-dealkylation sites (N-methyl/N-ethyl adjacent to an activating group) is 2. The Labute approximate surface area is 151 Å². The molecular weight excluding hydrogens is 334 g/mol. The summed E-state index contributed by atoms with van der Waals surface area (Å²) in [5.41, 5.74) is 4.11. The third-order valence-electron chi connectivity index (χ3n) is 5.89. The molecule has 1 N–H and O–H groups in total. The lowest BCUT2D eigenvalue weighted by Crippen LogP contribution is -2.47. The van der Waals surface area contributed by atoms with Gasteiger partial charge in [-0.25, -0.2) is 0 Å². The van der Waals surface area contributed by atoms with Crippen molar-refractivity contribution < 1.29 is 4.79 Å². The highest BCUT2D eigenvalue weighted by Crippen LogP contribution is 2.56. The van der Waals surface area contributed by atoms with E-state index in [0.717, 1.165) is 22.2 Å². The third kappa shape index (κ3) is 1.70. The maximum Gasteiger partial charge on any atom is 0.225 e. The number of aromatic amines is 1. The Morgan fingerprint density at radius 3 is 2.76 bits per heavy atom. The molecule has 2 atom stereocenters. The van der Waals surface area contributed by atoms with Gasteiger partial charge in [0, 0.05) is 48.3 Å². The summed E-state index contributed by atoms with van der Waals surface area (Å²) in [6.07, 6.45) is 2.47. The van der Waals surface area contributed by atoms with Crippen LogP contribution in [0.5, 0.6) is 0 Å². The van der Waals surface area contributed by atoms with Crippen molar-refractivity contribution in [3.8, 4) is 0 Å². The number of halogens is 1. The van der Waals surface area contributed by atoms with Crippen molar-refractivity contribution in [3.63, 3.8) is 0 Å². The number of amides is 1. The molecule has 0 bridgehead atoms. The van der Waals surface area contributed by atoms with Gasteiger partial charge in [0.05, 0.1) is 5.41 Å². The molecule has 0 unspecified atom stereocenters. The van der Waals surface area contributed by atoms with E-state index >= 15 is 0 Å². The van der Waals surface area contributed by atoms with Crippen LogP contribution in [0.2, 0.25) is 5.02 Å². The number of hydrogen-bond acceptors (Lipinski definition) is 2. The van der Waals surface area contributed by atoms with Crippen LogP contribution in [0.15, 0.2) is 48.7 Å². The van der Waals surface area contributed by atoms with Crippen molar-refractivity contribution in [2.75, 3.05) is 19.0 Å². The summed E-state index contributed by atoms with van der Waals surface area (Å²) in [7, 11) is 3.96. The van der Waals surface area contributed by atoms with E-state index in [0.29, 0.717) is 11.4 Å². The number of hydrogen-bond donors (Lipinski definition) is 1.